The molecule has 0 amide bonds. The number of piperazine rings is 1. The number of Topliss-reactive ketones (excluding diaryl/α,β-unsaturated/α-hetero) is 2. The zero-order valence-electron chi connectivity index (χ0n) is 23.6. The molecule has 206 valence electrons. The molecule has 0 aromatic heterocycles. The van der Waals surface area contributed by atoms with Crippen LogP contribution in [0.3, 0.4) is 0 Å². The summed E-state index contributed by atoms with van der Waals surface area (Å²) in [7, 11) is 6.35. The van der Waals surface area contributed by atoms with Gasteiger partial charge in [-0.2, -0.15) is 0 Å². The summed E-state index contributed by atoms with van der Waals surface area (Å²) in [4.78, 5) is 32.9. The van der Waals surface area contributed by atoms with E-state index in [0.717, 1.165) is 77.1 Å². The minimum Gasteiger partial charge on any atom is -0.492 e. The molecule has 1 saturated carbocycles. The lowest BCUT2D eigenvalue weighted by atomic mass is 9.63. The van der Waals surface area contributed by atoms with Crippen molar-refractivity contribution in [3.8, 4) is 5.75 Å². The fourth-order valence-electron chi connectivity index (χ4n) is 6.58. The highest BCUT2D eigenvalue weighted by molar-refractivity contribution is 5.97. The minimum atomic E-state index is -0.510. The van der Waals surface area contributed by atoms with Crippen molar-refractivity contribution in [1.82, 2.24) is 20.0 Å². The van der Waals surface area contributed by atoms with E-state index < -0.39 is 5.41 Å². The van der Waals surface area contributed by atoms with Crippen LogP contribution in [0.4, 0.5) is 0 Å². The van der Waals surface area contributed by atoms with Crippen LogP contribution in [0.2, 0.25) is 0 Å². The summed E-state index contributed by atoms with van der Waals surface area (Å²) in [6, 6.07) is 8.61. The number of ether oxygens (including phenoxy) is 1. The number of nitrogens with zero attached hydrogens (tertiary/aromatic N) is 3. The van der Waals surface area contributed by atoms with Crippen LogP contribution in [0, 0.1) is 5.41 Å². The third kappa shape index (κ3) is 6.62. The Balaban J connectivity index is 1.31. The number of rotatable bonds is 10. The first-order valence-corrected chi connectivity index (χ1v) is 14.3. The molecule has 0 bridgehead atoms. The van der Waals surface area contributed by atoms with E-state index >= 15 is 0 Å². The van der Waals surface area contributed by atoms with E-state index in [9.17, 15) is 9.59 Å². The lowest BCUT2D eigenvalue weighted by molar-refractivity contribution is -0.144. The van der Waals surface area contributed by atoms with Crippen molar-refractivity contribution in [3.05, 3.63) is 29.8 Å². The van der Waals surface area contributed by atoms with Gasteiger partial charge < -0.3 is 15.0 Å². The third-order valence-electron chi connectivity index (χ3n) is 9.21. The molecule has 2 aliphatic heterocycles. The number of benzene rings is 1. The molecule has 1 aliphatic carbocycles. The van der Waals surface area contributed by atoms with Gasteiger partial charge >= 0.3 is 0 Å². The molecule has 1 spiro atoms. The Labute approximate surface area is 223 Å². The molecule has 2 unspecified atom stereocenters. The Bertz CT molecular complexity index is 910. The van der Waals surface area contributed by atoms with E-state index in [2.05, 4.69) is 72.3 Å². The second-order valence-electron chi connectivity index (χ2n) is 12.0. The first kappa shape index (κ1) is 28.2. The molecule has 2 atom stereocenters. The first-order chi connectivity index (χ1) is 17.8. The van der Waals surface area contributed by atoms with Gasteiger partial charge in [-0.3, -0.25) is 19.4 Å². The van der Waals surface area contributed by atoms with E-state index in [-0.39, 0.29) is 17.4 Å². The van der Waals surface area contributed by atoms with Crippen LogP contribution < -0.4 is 10.1 Å². The van der Waals surface area contributed by atoms with Crippen molar-refractivity contribution >= 4 is 11.6 Å². The Morgan fingerprint density at radius 2 is 1.84 bits per heavy atom. The van der Waals surface area contributed by atoms with Crippen molar-refractivity contribution < 1.29 is 14.3 Å². The second-order valence-corrected chi connectivity index (χ2v) is 12.0. The Morgan fingerprint density at radius 1 is 1.11 bits per heavy atom. The van der Waals surface area contributed by atoms with Crippen LogP contribution in [-0.2, 0) is 16.1 Å². The predicted octanol–water partition coefficient (Wildman–Crippen LogP) is 3.36. The summed E-state index contributed by atoms with van der Waals surface area (Å²) in [6.45, 7) is 8.62. The molecule has 1 N–H and O–H groups in total. The normalized spacial score (nSPS) is 27.2. The molecular formula is C30H48N4O3. The van der Waals surface area contributed by atoms with Crippen molar-refractivity contribution in [1.29, 1.82) is 0 Å². The molecule has 3 aliphatic rings. The predicted molar refractivity (Wildman–Crippen MR) is 148 cm³/mol. The number of nitrogens with one attached hydrogen (secondary N) is 1. The number of likely N-dealkylation sites (N-methyl/N-ethyl adjacent to an activating group) is 2. The number of ketones is 2. The van der Waals surface area contributed by atoms with Crippen LogP contribution in [-0.4, -0.2) is 98.3 Å². The van der Waals surface area contributed by atoms with Gasteiger partial charge in [0.25, 0.3) is 0 Å². The van der Waals surface area contributed by atoms with E-state index in [0.29, 0.717) is 31.7 Å². The lowest BCUT2D eigenvalue weighted by Crippen LogP contribution is -2.70. The van der Waals surface area contributed by atoms with E-state index in [1.165, 1.54) is 5.56 Å². The Hall–Kier alpha value is -1.80. The van der Waals surface area contributed by atoms with Crippen molar-refractivity contribution in [2.75, 3.05) is 60.5 Å². The smallest absolute Gasteiger partial charge is 0.141 e. The van der Waals surface area contributed by atoms with Gasteiger partial charge in [0.2, 0.25) is 0 Å². The van der Waals surface area contributed by atoms with Gasteiger partial charge in [0.1, 0.15) is 23.9 Å². The highest BCUT2D eigenvalue weighted by Crippen LogP contribution is 2.43. The van der Waals surface area contributed by atoms with Gasteiger partial charge in [0.15, 0.2) is 0 Å². The monoisotopic (exact) mass is 512 g/mol. The average Bonchev–Trinajstić information content (AvgIpc) is 2.88. The van der Waals surface area contributed by atoms with Crippen molar-refractivity contribution in [2.45, 2.75) is 76.4 Å². The molecule has 1 aromatic carbocycles. The number of likely N-dealkylation sites (tertiary alicyclic amines) is 1. The molecule has 1 aromatic rings. The molecule has 37 heavy (non-hydrogen) atoms. The van der Waals surface area contributed by atoms with Crippen LogP contribution in [0.1, 0.15) is 63.9 Å². The number of piperidine rings is 1. The molecule has 3 fully saturated rings. The maximum Gasteiger partial charge on any atom is 0.141 e. The van der Waals surface area contributed by atoms with Crippen LogP contribution in [0.15, 0.2) is 24.3 Å². The average molecular weight is 513 g/mol. The summed E-state index contributed by atoms with van der Waals surface area (Å²) >= 11 is 0. The maximum atomic E-state index is 13.2. The number of carbonyl (C=O) groups excluding carboxylic acids is 2. The van der Waals surface area contributed by atoms with Gasteiger partial charge in [-0.15, -0.1) is 0 Å². The topological polar surface area (TPSA) is 65.1 Å². The Morgan fingerprint density at radius 3 is 2.49 bits per heavy atom. The highest BCUT2D eigenvalue weighted by Gasteiger charge is 2.52. The van der Waals surface area contributed by atoms with Crippen molar-refractivity contribution in [3.63, 3.8) is 0 Å². The van der Waals surface area contributed by atoms with Gasteiger partial charge in [-0.1, -0.05) is 31.9 Å². The number of hydrogen-bond acceptors (Lipinski definition) is 7. The highest BCUT2D eigenvalue weighted by atomic mass is 16.5. The quantitative estimate of drug-likeness (QED) is 0.516. The van der Waals surface area contributed by atoms with E-state index in [4.69, 9.17) is 4.74 Å². The molecular weight excluding hydrogens is 464 g/mol. The minimum absolute atomic E-state index is 0.0721. The zero-order valence-corrected chi connectivity index (χ0v) is 23.6. The number of unbranched alkanes of at least 4 members (excludes halogenated alkanes) is 1. The zero-order chi connectivity index (χ0) is 26.5. The van der Waals surface area contributed by atoms with Crippen LogP contribution >= 0.6 is 0 Å². The van der Waals surface area contributed by atoms with Crippen LogP contribution in [0.5, 0.6) is 5.75 Å². The van der Waals surface area contributed by atoms with Gasteiger partial charge in [-0.05, 0) is 58.1 Å². The fraction of sp³-hybridized carbons (Fsp3) is 0.733. The van der Waals surface area contributed by atoms with Crippen LogP contribution in [0.25, 0.3) is 0 Å². The first-order valence-electron chi connectivity index (χ1n) is 14.3. The van der Waals surface area contributed by atoms with Gasteiger partial charge in [-0.25, -0.2) is 0 Å². The van der Waals surface area contributed by atoms with Gasteiger partial charge in [0.05, 0.1) is 5.41 Å². The summed E-state index contributed by atoms with van der Waals surface area (Å²) < 4.78 is 5.83. The summed E-state index contributed by atoms with van der Waals surface area (Å²) in [6.07, 6.45) is 6.40. The Kier molecular flexibility index (Phi) is 9.43. The summed E-state index contributed by atoms with van der Waals surface area (Å²) in [5.41, 5.74) is 0.944. The molecule has 4 rings (SSSR count). The summed E-state index contributed by atoms with van der Waals surface area (Å²) in [5.74, 6) is 1.51. The van der Waals surface area contributed by atoms with E-state index in [1.807, 2.05) is 0 Å². The number of carbonyl (C=O) groups is 2. The van der Waals surface area contributed by atoms with Crippen molar-refractivity contribution in [2.24, 2.45) is 5.41 Å². The lowest BCUT2D eigenvalue weighted by Gasteiger charge is -2.55. The SMILES string of the molecule is CCCCC1(C2CN(C)C3(CCN(Cc4ccc(OCCN(C)C)cc4)CC3)CN2)CC(=O)CCC1=O. The molecule has 2 saturated heterocycles. The standard InChI is InChI=1S/C30H48N4O3/c1-5-6-13-30(20-25(35)9-12-28(30)36)27-22-33(4)29(23-31-27)14-16-34(17-15-29)21-24-7-10-26(11-8-24)37-19-18-32(2)3/h7-8,10-11,27,31H,5-6,9,12-23H2,1-4H3. The third-order valence-corrected chi connectivity index (χ3v) is 9.21. The molecule has 2 heterocycles. The van der Waals surface area contributed by atoms with E-state index in [1.54, 1.807) is 0 Å². The molecule has 7 nitrogen and oxygen atoms in total. The second kappa shape index (κ2) is 12.4. The van der Waals surface area contributed by atoms with Gasteiger partial charge in [0, 0.05) is 70.1 Å². The fourth-order valence-corrected chi connectivity index (χ4v) is 6.58. The number of hydrogen-bond donors (Lipinski definition) is 1. The maximum absolute atomic E-state index is 13.2. The largest absolute Gasteiger partial charge is 0.492 e. The molecule has 7 heteroatoms. The molecule has 0 radical (unpaired) electrons. The summed E-state index contributed by atoms with van der Waals surface area (Å²) in [5, 5.41) is 3.82.